The largest absolute Gasteiger partial charge is 0.458 e. The molecule has 2 heterocycles. The highest BCUT2D eigenvalue weighted by Crippen LogP contribution is 2.61. The van der Waals surface area contributed by atoms with Crippen molar-refractivity contribution < 1.29 is 4.74 Å². The fourth-order valence-electron chi connectivity index (χ4n) is 14.8. The van der Waals surface area contributed by atoms with Gasteiger partial charge in [-0.2, -0.15) is 0 Å². The Morgan fingerprint density at radius 3 is 1.64 bits per heavy atom. The fraction of sp³-hybridized carbons (Fsp3) is 0.343. The maximum atomic E-state index is 7.47. The van der Waals surface area contributed by atoms with Crippen molar-refractivity contribution >= 4 is 51.5 Å². The van der Waals surface area contributed by atoms with E-state index in [0.29, 0.717) is 0 Å². The van der Waals surface area contributed by atoms with E-state index in [-0.39, 0.29) is 34.4 Å². The molecule has 7 aliphatic rings. The topological polar surface area (TPSA) is 15.7 Å². The van der Waals surface area contributed by atoms with E-state index >= 15 is 0 Å². The van der Waals surface area contributed by atoms with Gasteiger partial charge in [-0.1, -0.05) is 172 Å². The van der Waals surface area contributed by atoms with Crippen molar-refractivity contribution in [1.82, 2.24) is 0 Å². The van der Waals surface area contributed by atoms with Crippen LogP contribution in [-0.2, 0) is 16.2 Å². The van der Waals surface area contributed by atoms with E-state index in [9.17, 15) is 0 Å². The van der Waals surface area contributed by atoms with Crippen molar-refractivity contribution in [3.8, 4) is 33.8 Å². The van der Waals surface area contributed by atoms with E-state index < -0.39 is 0 Å². The Labute approximate surface area is 442 Å². The van der Waals surface area contributed by atoms with Gasteiger partial charge in [0.25, 0.3) is 6.71 Å². The molecule has 4 bridgehead atoms. The SMILES string of the molecule is CC(C)(C)c1ccc(-c2cc3c4c(c2)N(C25CC6CC(CC(C6)C2)C5)c2cc(C5C=CC=CC5)c(-c5ccccc5)cc2B4c2cc(N(c4ccc(C(C)(C)C)cc4)c4ccc(C(C)(C)C)cc4)ccc2O3)cc1. The van der Waals surface area contributed by atoms with Crippen LogP contribution in [-0.4, -0.2) is 12.3 Å². The van der Waals surface area contributed by atoms with Crippen molar-refractivity contribution in [2.45, 2.75) is 135 Å². The first-order valence-electron chi connectivity index (χ1n) is 28.0. The van der Waals surface area contributed by atoms with Crippen LogP contribution in [0.2, 0.25) is 0 Å². The third-order valence-corrected chi connectivity index (χ3v) is 18.2. The Balaban J connectivity index is 1.07. The van der Waals surface area contributed by atoms with Gasteiger partial charge in [0.1, 0.15) is 11.5 Å². The van der Waals surface area contributed by atoms with E-state index in [0.717, 1.165) is 52.7 Å². The second-order valence-corrected chi connectivity index (χ2v) is 26.4. The molecule has 0 amide bonds. The van der Waals surface area contributed by atoms with Crippen molar-refractivity contribution in [1.29, 1.82) is 0 Å². The van der Waals surface area contributed by atoms with E-state index in [2.05, 4.69) is 242 Å². The number of hydrogen-bond donors (Lipinski definition) is 0. The first kappa shape index (κ1) is 47.2. The number of allylic oxidation sites excluding steroid dienone is 4. The summed E-state index contributed by atoms with van der Waals surface area (Å²) in [7, 11) is 0. The maximum absolute atomic E-state index is 7.47. The molecule has 14 rings (SSSR count). The monoisotopic (exact) mass is 969 g/mol. The van der Waals surface area contributed by atoms with Crippen LogP contribution in [0.25, 0.3) is 22.3 Å². The maximum Gasteiger partial charge on any atom is 0.256 e. The number of benzene rings is 7. The molecule has 4 fully saturated rings. The molecule has 1 atom stereocenters. The number of anilines is 5. The lowest BCUT2D eigenvalue weighted by atomic mass is 9.33. The van der Waals surface area contributed by atoms with Gasteiger partial charge in [0.05, 0.1) is 0 Å². The van der Waals surface area contributed by atoms with Crippen molar-refractivity contribution in [3.63, 3.8) is 0 Å². The Morgan fingerprint density at radius 2 is 1.08 bits per heavy atom. The van der Waals surface area contributed by atoms with Gasteiger partial charge in [0, 0.05) is 39.9 Å². The van der Waals surface area contributed by atoms with E-state index in [1.54, 1.807) is 0 Å². The van der Waals surface area contributed by atoms with Crippen LogP contribution in [0.3, 0.4) is 0 Å². The molecule has 2 aliphatic heterocycles. The van der Waals surface area contributed by atoms with Crippen molar-refractivity contribution in [2.75, 3.05) is 9.80 Å². The molecule has 74 heavy (non-hydrogen) atoms. The summed E-state index contributed by atoms with van der Waals surface area (Å²) in [5.74, 6) is 4.54. The van der Waals surface area contributed by atoms with Crippen LogP contribution in [0, 0.1) is 17.8 Å². The Morgan fingerprint density at radius 1 is 0.514 bits per heavy atom. The van der Waals surface area contributed by atoms with Crippen molar-refractivity contribution in [2.24, 2.45) is 17.8 Å². The summed E-state index contributed by atoms with van der Waals surface area (Å²) in [5.41, 5.74) is 20.8. The lowest BCUT2D eigenvalue weighted by Gasteiger charge is -2.62. The molecular weight excluding hydrogens is 896 g/mol. The van der Waals surface area contributed by atoms with Gasteiger partial charge in [0.2, 0.25) is 0 Å². The molecule has 7 aromatic rings. The highest BCUT2D eigenvalue weighted by Gasteiger charge is 2.57. The summed E-state index contributed by atoms with van der Waals surface area (Å²) in [6.07, 6.45) is 18.2. The molecule has 5 aliphatic carbocycles. The summed E-state index contributed by atoms with van der Waals surface area (Å²) < 4.78 is 7.47. The van der Waals surface area contributed by atoms with E-state index in [4.69, 9.17) is 4.74 Å². The molecular formula is C70H73BN2O. The average molecular weight is 969 g/mol. The Kier molecular flexibility index (Phi) is 11.0. The molecule has 0 spiro atoms. The number of rotatable bonds is 7. The summed E-state index contributed by atoms with van der Waals surface area (Å²) in [6.45, 7) is 20.7. The minimum Gasteiger partial charge on any atom is -0.458 e. The third kappa shape index (κ3) is 8.09. The normalized spacial score (nSPS) is 22.3. The molecule has 0 radical (unpaired) electrons. The van der Waals surface area contributed by atoms with Gasteiger partial charge >= 0.3 is 0 Å². The lowest BCUT2D eigenvalue weighted by Crippen LogP contribution is -2.66. The number of nitrogens with zero attached hydrogens (tertiary/aromatic N) is 2. The van der Waals surface area contributed by atoms with Gasteiger partial charge < -0.3 is 14.5 Å². The summed E-state index contributed by atoms with van der Waals surface area (Å²) in [5, 5.41) is 0. The average Bonchev–Trinajstić information content (AvgIpc) is 3.40. The quantitative estimate of drug-likeness (QED) is 0.148. The summed E-state index contributed by atoms with van der Waals surface area (Å²) in [6, 6.07) is 56.5. The molecule has 0 saturated heterocycles. The van der Waals surface area contributed by atoms with Gasteiger partial charge in [-0.15, -0.1) is 0 Å². The van der Waals surface area contributed by atoms with E-state index in [1.165, 1.54) is 111 Å². The zero-order valence-electron chi connectivity index (χ0n) is 45.3. The van der Waals surface area contributed by atoms with Crippen LogP contribution in [0.5, 0.6) is 11.5 Å². The predicted octanol–water partition coefficient (Wildman–Crippen LogP) is 17.0. The molecule has 0 aromatic heterocycles. The van der Waals surface area contributed by atoms with Crippen LogP contribution in [0.1, 0.15) is 135 Å². The smallest absolute Gasteiger partial charge is 0.256 e. The van der Waals surface area contributed by atoms with Gasteiger partial charge in [-0.25, -0.2) is 0 Å². The molecule has 1 unspecified atom stereocenters. The highest BCUT2D eigenvalue weighted by molar-refractivity contribution is 6.99. The fourth-order valence-corrected chi connectivity index (χ4v) is 14.8. The number of ether oxygens (including phenoxy) is 1. The van der Waals surface area contributed by atoms with Crippen molar-refractivity contribution in [3.05, 3.63) is 192 Å². The van der Waals surface area contributed by atoms with Crippen LogP contribution in [0.15, 0.2) is 170 Å². The van der Waals surface area contributed by atoms with Gasteiger partial charge in [0.15, 0.2) is 0 Å². The van der Waals surface area contributed by atoms with Crippen LogP contribution >= 0.6 is 0 Å². The Bertz CT molecular complexity index is 3270. The van der Waals surface area contributed by atoms with Crippen LogP contribution < -0.4 is 30.9 Å². The second-order valence-electron chi connectivity index (χ2n) is 26.4. The first-order chi connectivity index (χ1) is 35.5. The van der Waals surface area contributed by atoms with Crippen LogP contribution in [0.4, 0.5) is 28.4 Å². The minimum atomic E-state index is -0.0622. The third-order valence-electron chi connectivity index (χ3n) is 18.2. The highest BCUT2D eigenvalue weighted by atomic mass is 16.5. The zero-order chi connectivity index (χ0) is 50.9. The lowest BCUT2D eigenvalue weighted by molar-refractivity contribution is 0.000627. The number of fused-ring (bicyclic) bond motifs is 4. The summed E-state index contributed by atoms with van der Waals surface area (Å²) in [4.78, 5) is 5.43. The summed E-state index contributed by atoms with van der Waals surface area (Å²) >= 11 is 0. The second kappa shape index (κ2) is 17.3. The van der Waals surface area contributed by atoms with Gasteiger partial charge in [-0.05, 0) is 201 Å². The molecule has 372 valence electrons. The Hall–Kier alpha value is -6.52. The van der Waals surface area contributed by atoms with Gasteiger partial charge in [-0.3, -0.25) is 0 Å². The molecule has 7 aromatic carbocycles. The standard InChI is InChI=1S/C70H73BN2O/c1-67(2,3)52-22-20-48(21-23-52)51-37-63-66-65(38-51)74-64-33-32-57(72(55-28-24-53(25-29-55)68(4,5)6)56-30-26-54(27-31-56)69(7,8)9)39-61(64)71(66)60-40-58(49-16-12-10-13-17-49)59(50-18-14-11-15-19-50)41-62(60)73(63)70-42-45-34-46(43-70)36-47(35-45)44-70/h10-18,20-33,37-41,45-47,50H,19,34-36,42-44H2,1-9H3. The first-order valence-corrected chi connectivity index (χ1v) is 28.0. The number of hydrogen-bond acceptors (Lipinski definition) is 3. The molecule has 3 nitrogen and oxygen atoms in total. The molecule has 4 heteroatoms. The predicted molar refractivity (Wildman–Crippen MR) is 314 cm³/mol. The molecule has 4 saturated carbocycles. The minimum absolute atomic E-state index is 0.0299. The molecule has 0 N–H and O–H groups in total. The van der Waals surface area contributed by atoms with E-state index in [1.807, 2.05) is 0 Å². The zero-order valence-corrected chi connectivity index (χ0v) is 45.3.